The third-order valence-corrected chi connectivity index (χ3v) is 6.15. The molecule has 3 aromatic carbocycles. The van der Waals surface area contributed by atoms with E-state index in [9.17, 15) is 8.78 Å². The quantitative estimate of drug-likeness (QED) is 0.360. The molecule has 5 aromatic rings. The van der Waals surface area contributed by atoms with E-state index in [0.717, 1.165) is 57.4 Å². The molecule has 1 aliphatic rings. The van der Waals surface area contributed by atoms with Gasteiger partial charge in [-0.3, -0.25) is 10.1 Å². The van der Waals surface area contributed by atoms with Gasteiger partial charge in [-0.2, -0.15) is 5.10 Å². The Labute approximate surface area is 182 Å². The fourth-order valence-electron chi connectivity index (χ4n) is 4.31. The molecule has 4 nitrogen and oxygen atoms in total. The highest BCUT2D eigenvalue weighted by Gasteiger charge is 2.49. The van der Waals surface area contributed by atoms with E-state index in [2.05, 4.69) is 10.2 Å². The highest BCUT2D eigenvalue weighted by molar-refractivity contribution is 6.04. The van der Waals surface area contributed by atoms with Crippen LogP contribution in [0.3, 0.4) is 0 Å². The Kier molecular flexibility index (Phi) is 4.30. The maximum absolute atomic E-state index is 14.2. The Balaban J connectivity index is 1.54. The van der Waals surface area contributed by atoms with Crippen LogP contribution < -0.4 is 0 Å². The first kappa shape index (κ1) is 19.1. The van der Waals surface area contributed by atoms with E-state index in [1.807, 2.05) is 48.7 Å². The molecule has 0 spiro atoms. The first-order valence-electron chi connectivity index (χ1n) is 10.5. The molecule has 0 unspecified atom stereocenters. The summed E-state index contributed by atoms with van der Waals surface area (Å²) in [6.07, 6.45) is 5.22. The van der Waals surface area contributed by atoms with Gasteiger partial charge in [-0.25, -0.2) is 8.78 Å². The second kappa shape index (κ2) is 7.21. The van der Waals surface area contributed by atoms with E-state index in [4.69, 9.17) is 9.72 Å². The molecule has 0 aliphatic heterocycles. The average molecular weight is 427 g/mol. The zero-order valence-corrected chi connectivity index (χ0v) is 17.1. The molecule has 1 fully saturated rings. The zero-order valence-electron chi connectivity index (χ0n) is 17.1. The number of fused-ring (bicyclic) bond motifs is 2. The van der Waals surface area contributed by atoms with Crippen LogP contribution in [0.4, 0.5) is 8.78 Å². The minimum absolute atomic E-state index is 0.457. The topological polar surface area (TPSA) is 50.8 Å². The van der Waals surface area contributed by atoms with Crippen molar-refractivity contribution in [1.82, 2.24) is 15.2 Å². The Bertz CT molecular complexity index is 1460. The first-order valence-corrected chi connectivity index (χ1v) is 10.5. The predicted octanol–water partition coefficient (Wildman–Crippen LogP) is 6.26. The summed E-state index contributed by atoms with van der Waals surface area (Å²) in [5, 5.41) is 9.83. The third-order valence-electron chi connectivity index (χ3n) is 6.15. The number of H-pyrrole nitrogens is 1. The molecule has 0 radical (unpaired) electrons. The number of aromatic amines is 1. The molecule has 1 N–H and O–H groups in total. The van der Waals surface area contributed by atoms with Gasteiger partial charge in [-0.05, 0) is 53.6 Å². The number of nitrogens with one attached hydrogen (secondary N) is 1. The van der Waals surface area contributed by atoms with E-state index in [-0.39, 0.29) is 0 Å². The minimum atomic E-state index is -0.884. The number of pyridine rings is 1. The van der Waals surface area contributed by atoms with Crippen LogP contribution >= 0.6 is 0 Å². The lowest BCUT2D eigenvalue weighted by Crippen LogP contribution is -2.15. The summed E-state index contributed by atoms with van der Waals surface area (Å²) in [5.74, 6) is -1.76. The number of benzene rings is 3. The molecule has 0 amide bonds. The molecule has 2 heterocycles. The molecule has 1 aliphatic carbocycles. The lowest BCUT2D eigenvalue weighted by molar-refractivity contribution is 0.0147. The van der Waals surface area contributed by atoms with Crippen molar-refractivity contribution in [3.63, 3.8) is 0 Å². The molecule has 6 heteroatoms. The number of aromatic nitrogens is 3. The summed E-state index contributed by atoms with van der Waals surface area (Å²) in [6.45, 7) is 0.457. The van der Waals surface area contributed by atoms with E-state index in [1.54, 1.807) is 12.3 Å². The summed E-state index contributed by atoms with van der Waals surface area (Å²) in [7, 11) is 0. The van der Waals surface area contributed by atoms with Gasteiger partial charge in [0.1, 0.15) is 5.60 Å². The molecular formula is C26H19F2N3O. The Morgan fingerprint density at radius 3 is 2.53 bits per heavy atom. The van der Waals surface area contributed by atoms with Crippen molar-refractivity contribution in [3.05, 3.63) is 95.9 Å². The van der Waals surface area contributed by atoms with E-state index < -0.39 is 17.2 Å². The number of hydrogen-bond acceptors (Lipinski definition) is 3. The summed E-state index contributed by atoms with van der Waals surface area (Å²) < 4.78 is 34.4. The van der Waals surface area contributed by atoms with Gasteiger partial charge in [0.05, 0.1) is 24.0 Å². The summed E-state index contributed by atoms with van der Waals surface area (Å²) in [5.41, 5.74) is 3.54. The minimum Gasteiger partial charge on any atom is -0.364 e. The average Bonchev–Trinajstić information content (AvgIpc) is 3.47. The van der Waals surface area contributed by atoms with Crippen molar-refractivity contribution in [1.29, 1.82) is 0 Å². The Hall–Kier alpha value is -3.64. The van der Waals surface area contributed by atoms with Crippen molar-refractivity contribution in [2.75, 3.05) is 0 Å². The fourth-order valence-corrected chi connectivity index (χ4v) is 4.31. The molecule has 1 saturated carbocycles. The Morgan fingerprint density at radius 1 is 0.906 bits per heavy atom. The molecule has 0 atom stereocenters. The molecular weight excluding hydrogens is 408 g/mol. The third kappa shape index (κ3) is 3.15. The van der Waals surface area contributed by atoms with Crippen molar-refractivity contribution in [2.45, 2.75) is 25.0 Å². The number of hydrogen-bond donors (Lipinski definition) is 1. The number of halogens is 2. The predicted molar refractivity (Wildman–Crippen MR) is 119 cm³/mol. The highest BCUT2D eigenvalue weighted by atomic mass is 19.2. The van der Waals surface area contributed by atoms with Crippen LogP contribution in [0, 0.1) is 11.6 Å². The molecule has 158 valence electrons. The largest absolute Gasteiger partial charge is 0.364 e. The van der Waals surface area contributed by atoms with Crippen LogP contribution in [0.15, 0.2) is 73.1 Å². The van der Waals surface area contributed by atoms with E-state index in [0.29, 0.717) is 12.2 Å². The molecule has 2 aromatic heterocycles. The maximum atomic E-state index is 14.2. The maximum Gasteiger partial charge on any atom is 0.159 e. The van der Waals surface area contributed by atoms with Gasteiger partial charge in [0.2, 0.25) is 0 Å². The van der Waals surface area contributed by atoms with Crippen molar-refractivity contribution >= 4 is 21.7 Å². The van der Waals surface area contributed by atoms with Gasteiger partial charge in [-0.15, -0.1) is 0 Å². The highest BCUT2D eigenvalue weighted by Crippen LogP contribution is 2.53. The van der Waals surface area contributed by atoms with Gasteiger partial charge in [0.25, 0.3) is 0 Å². The summed E-state index contributed by atoms with van der Waals surface area (Å²) >= 11 is 0. The second-order valence-corrected chi connectivity index (χ2v) is 8.28. The van der Waals surface area contributed by atoms with Crippen LogP contribution in [-0.2, 0) is 16.9 Å². The summed E-state index contributed by atoms with van der Waals surface area (Å²) in [4.78, 5) is 4.80. The van der Waals surface area contributed by atoms with Crippen molar-refractivity contribution in [3.8, 4) is 11.1 Å². The van der Waals surface area contributed by atoms with Crippen LogP contribution in [0.2, 0.25) is 0 Å². The number of rotatable bonds is 5. The first-order chi connectivity index (χ1) is 15.6. The molecule has 32 heavy (non-hydrogen) atoms. The van der Waals surface area contributed by atoms with Crippen LogP contribution in [0.5, 0.6) is 0 Å². The lowest BCUT2D eigenvalue weighted by atomic mass is 9.93. The Morgan fingerprint density at radius 2 is 1.75 bits per heavy atom. The van der Waals surface area contributed by atoms with Crippen LogP contribution in [-0.4, -0.2) is 15.2 Å². The standard InChI is InChI=1S/C26H19F2N3O/c27-21-7-6-17(11-22(21)28)24-20-10-19-14-30-31-23(19)12-18(20)13-29-25(24)26(8-9-26)32-15-16-4-2-1-3-5-16/h1-7,10-14H,8-9,15H2,(H,30,31). The van der Waals surface area contributed by atoms with Crippen LogP contribution in [0.25, 0.3) is 32.8 Å². The van der Waals surface area contributed by atoms with Crippen molar-refractivity contribution < 1.29 is 13.5 Å². The van der Waals surface area contributed by atoms with Crippen molar-refractivity contribution in [2.24, 2.45) is 0 Å². The summed E-state index contributed by atoms with van der Waals surface area (Å²) in [6, 6.07) is 18.0. The monoisotopic (exact) mass is 427 g/mol. The zero-order chi connectivity index (χ0) is 21.7. The van der Waals surface area contributed by atoms with Gasteiger partial charge in [-0.1, -0.05) is 36.4 Å². The SMILES string of the molecule is Fc1ccc(-c2c(C3(OCc4ccccc4)CC3)ncc3cc4[nH]ncc4cc23)cc1F. The van der Waals surface area contributed by atoms with Gasteiger partial charge in [0.15, 0.2) is 11.6 Å². The van der Waals surface area contributed by atoms with Gasteiger partial charge in [0, 0.05) is 22.5 Å². The van der Waals surface area contributed by atoms with Crippen LogP contribution in [0.1, 0.15) is 24.1 Å². The number of ether oxygens (including phenoxy) is 1. The molecule has 0 saturated heterocycles. The smallest absolute Gasteiger partial charge is 0.159 e. The van der Waals surface area contributed by atoms with E-state index >= 15 is 0 Å². The molecule has 0 bridgehead atoms. The molecule has 6 rings (SSSR count). The van der Waals surface area contributed by atoms with Gasteiger partial charge >= 0.3 is 0 Å². The fraction of sp³-hybridized carbons (Fsp3) is 0.154. The van der Waals surface area contributed by atoms with Gasteiger partial charge < -0.3 is 4.74 Å². The second-order valence-electron chi connectivity index (χ2n) is 8.28. The van der Waals surface area contributed by atoms with E-state index in [1.165, 1.54) is 6.07 Å². The number of nitrogens with zero attached hydrogens (tertiary/aromatic N) is 2. The normalized spacial score (nSPS) is 14.8. The lowest BCUT2D eigenvalue weighted by Gasteiger charge is -2.21.